The molecule has 1 unspecified atom stereocenters. The van der Waals surface area contributed by atoms with E-state index >= 15 is 0 Å². The number of aromatic nitrogens is 2. The van der Waals surface area contributed by atoms with Crippen LogP contribution >= 0.6 is 11.3 Å². The van der Waals surface area contributed by atoms with E-state index in [1.165, 1.54) is 5.56 Å². The quantitative estimate of drug-likeness (QED) is 0.861. The molecule has 0 aliphatic heterocycles. The minimum atomic E-state index is 0.483. The Morgan fingerprint density at radius 3 is 3.00 bits per heavy atom. The van der Waals surface area contributed by atoms with Crippen molar-refractivity contribution in [1.29, 1.82) is 0 Å². The Hall–Kier alpha value is -1.13. The zero-order chi connectivity index (χ0) is 11.4. The minimum absolute atomic E-state index is 0.483. The average molecular weight is 235 g/mol. The molecule has 86 valence electrons. The Morgan fingerprint density at radius 1 is 1.50 bits per heavy atom. The predicted octanol–water partition coefficient (Wildman–Crippen LogP) is 2.20. The molecular weight excluding hydrogens is 218 g/mol. The molecule has 2 aromatic rings. The van der Waals surface area contributed by atoms with E-state index in [1.54, 1.807) is 11.3 Å². The fraction of sp³-hybridized carbons (Fsp3) is 0.417. The lowest BCUT2D eigenvalue weighted by Crippen LogP contribution is -2.27. The van der Waals surface area contributed by atoms with Gasteiger partial charge in [-0.1, -0.05) is 0 Å². The third kappa shape index (κ3) is 3.18. The van der Waals surface area contributed by atoms with E-state index in [9.17, 15) is 0 Å². The van der Waals surface area contributed by atoms with E-state index in [-0.39, 0.29) is 0 Å². The molecule has 0 saturated heterocycles. The van der Waals surface area contributed by atoms with Crippen LogP contribution in [0.5, 0.6) is 0 Å². The van der Waals surface area contributed by atoms with Gasteiger partial charge in [0.05, 0.1) is 5.69 Å². The summed E-state index contributed by atoms with van der Waals surface area (Å²) < 4.78 is 1.83. The molecule has 0 fully saturated rings. The number of rotatable bonds is 5. The first-order valence-electron chi connectivity index (χ1n) is 5.47. The zero-order valence-electron chi connectivity index (χ0n) is 9.68. The summed E-state index contributed by atoms with van der Waals surface area (Å²) in [7, 11) is 1.94. The zero-order valence-corrected chi connectivity index (χ0v) is 10.5. The molecule has 2 heterocycles. The van der Waals surface area contributed by atoms with Crippen molar-refractivity contribution in [1.82, 2.24) is 15.1 Å². The molecular formula is C12H17N3S. The van der Waals surface area contributed by atoms with E-state index in [1.807, 2.05) is 24.0 Å². The Morgan fingerprint density at radius 2 is 2.38 bits per heavy atom. The standard InChI is InChI=1S/C12H17N3S/c1-10(7-11-4-6-16-9-11)13-8-12-3-5-15(2)14-12/h3-6,9-10,13H,7-8H2,1-2H3. The number of hydrogen-bond donors (Lipinski definition) is 1. The van der Waals surface area contributed by atoms with Crippen LogP contribution in [-0.2, 0) is 20.0 Å². The summed E-state index contributed by atoms with van der Waals surface area (Å²) >= 11 is 1.76. The highest BCUT2D eigenvalue weighted by Gasteiger charge is 2.04. The lowest BCUT2D eigenvalue weighted by atomic mass is 10.1. The highest BCUT2D eigenvalue weighted by molar-refractivity contribution is 7.07. The van der Waals surface area contributed by atoms with Crippen molar-refractivity contribution in [2.24, 2.45) is 7.05 Å². The molecule has 0 aliphatic rings. The molecule has 2 aromatic heterocycles. The molecule has 0 amide bonds. The Bertz CT molecular complexity index is 419. The van der Waals surface area contributed by atoms with Crippen LogP contribution in [0.2, 0.25) is 0 Å². The summed E-state index contributed by atoms with van der Waals surface area (Å²) in [4.78, 5) is 0. The minimum Gasteiger partial charge on any atom is -0.308 e. The molecule has 1 N–H and O–H groups in total. The van der Waals surface area contributed by atoms with Gasteiger partial charge in [-0.05, 0) is 41.8 Å². The Kier molecular flexibility index (Phi) is 3.74. The van der Waals surface area contributed by atoms with Crippen LogP contribution in [0.15, 0.2) is 29.1 Å². The maximum atomic E-state index is 4.34. The summed E-state index contributed by atoms with van der Waals surface area (Å²) in [5, 5.41) is 12.1. The van der Waals surface area contributed by atoms with Gasteiger partial charge in [0, 0.05) is 25.8 Å². The van der Waals surface area contributed by atoms with Gasteiger partial charge in [0.1, 0.15) is 0 Å². The normalized spacial score (nSPS) is 12.9. The summed E-state index contributed by atoms with van der Waals surface area (Å²) in [5.41, 5.74) is 2.51. The molecule has 1 atom stereocenters. The molecule has 4 heteroatoms. The fourth-order valence-corrected chi connectivity index (χ4v) is 2.35. The monoisotopic (exact) mass is 235 g/mol. The predicted molar refractivity (Wildman–Crippen MR) is 67.5 cm³/mol. The van der Waals surface area contributed by atoms with Gasteiger partial charge in [-0.15, -0.1) is 0 Å². The number of nitrogens with one attached hydrogen (secondary N) is 1. The van der Waals surface area contributed by atoms with Crippen molar-refractivity contribution < 1.29 is 0 Å². The maximum Gasteiger partial charge on any atom is 0.0762 e. The first-order valence-corrected chi connectivity index (χ1v) is 6.41. The molecule has 0 radical (unpaired) electrons. The third-order valence-electron chi connectivity index (χ3n) is 2.52. The van der Waals surface area contributed by atoms with Crippen LogP contribution in [0.4, 0.5) is 0 Å². The van der Waals surface area contributed by atoms with Crippen molar-refractivity contribution >= 4 is 11.3 Å². The summed E-state index contributed by atoms with van der Waals surface area (Å²) in [5.74, 6) is 0. The van der Waals surface area contributed by atoms with Crippen LogP contribution in [0.3, 0.4) is 0 Å². The molecule has 0 aromatic carbocycles. The first-order chi connectivity index (χ1) is 7.74. The lowest BCUT2D eigenvalue weighted by molar-refractivity contribution is 0.536. The number of hydrogen-bond acceptors (Lipinski definition) is 3. The number of nitrogens with zero attached hydrogens (tertiary/aromatic N) is 2. The van der Waals surface area contributed by atoms with Crippen LogP contribution in [-0.4, -0.2) is 15.8 Å². The van der Waals surface area contributed by atoms with Crippen LogP contribution in [0, 0.1) is 0 Å². The molecule has 0 aliphatic carbocycles. The largest absolute Gasteiger partial charge is 0.308 e. The van der Waals surface area contributed by atoms with Gasteiger partial charge < -0.3 is 5.32 Å². The van der Waals surface area contributed by atoms with Crippen molar-refractivity contribution in [3.63, 3.8) is 0 Å². The molecule has 0 spiro atoms. The highest BCUT2D eigenvalue weighted by atomic mass is 32.1. The first kappa shape index (κ1) is 11.4. The van der Waals surface area contributed by atoms with Gasteiger partial charge in [-0.3, -0.25) is 4.68 Å². The van der Waals surface area contributed by atoms with Crippen molar-refractivity contribution in [3.05, 3.63) is 40.3 Å². The molecule has 3 nitrogen and oxygen atoms in total. The van der Waals surface area contributed by atoms with Crippen LogP contribution in [0.25, 0.3) is 0 Å². The molecule has 0 saturated carbocycles. The Balaban J connectivity index is 1.77. The van der Waals surface area contributed by atoms with Crippen LogP contribution in [0.1, 0.15) is 18.2 Å². The second-order valence-corrected chi connectivity index (χ2v) is 4.88. The van der Waals surface area contributed by atoms with Gasteiger partial charge in [0.25, 0.3) is 0 Å². The van der Waals surface area contributed by atoms with Gasteiger partial charge in [-0.25, -0.2) is 0 Å². The van der Waals surface area contributed by atoms with E-state index < -0.39 is 0 Å². The van der Waals surface area contributed by atoms with Crippen molar-refractivity contribution in [2.45, 2.75) is 25.9 Å². The van der Waals surface area contributed by atoms with Gasteiger partial charge in [0.15, 0.2) is 0 Å². The maximum absolute atomic E-state index is 4.34. The van der Waals surface area contributed by atoms with Crippen LogP contribution < -0.4 is 5.32 Å². The summed E-state index contributed by atoms with van der Waals surface area (Å²) in [6, 6.07) is 4.71. The Labute approximate surface area is 100 Å². The number of thiophene rings is 1. The fourth-order valence-electron chi connectivity index (χ4n) is 1.67. The SMILES string of the molecule is CC(Cc1ccsc1)NCc1ccn(C)n1. The summed E-state index contributed by atoms with van der Waals surface area (Å²) in [6.07, 6.45) is 3.05. The average Bonchev–Trinajstić information content (AvgIpc) is 2.87. The van der Waals surface area contributed by atoms with Crippen molar-refractivity contribution in [3.8, 4) is 0 Å². The lowest BCUT2D eigenvalue weighted by Gasteiger charge is -2.11. The third-order valence-corrected chi connectivity index (χ3v) is 3.25. The molecule has 0 bridgehead atoms. The van der Waals surface area contributed by atoms with Gasteiger partial charge >= 0.3 is 0 Å². The van der Waals surface area contributed by atoms with Gasteiger partial charge in [-0.2, -0.15) is 16.4 Å². The van der Waals surface area contributed by atoms with E-state index in [2.05, 4.69) is 34.2 Å². The highest BCUT2D eigenvalue weighted by Crippen LogP contribution is 2.08. The van der Waals surface area contributed by atoms with Gasteiger partial charge in [0.2, 0.25) is 0 Å². The van der Waals surface area contributed by atoms with E-state index in [0.717, 1.165) is 18.7 Å². The topological polar surface area (TPSA) is 29.9 Å². The smallest absolute Gasteiger partial charge is 0.0762 e. The second-order valence-electron chi connectivity index (χ2n) is 4.10. The summed E-state index contributed by atoms with van der Waals surface area (Å²) in [6.45, 7) is 3.05. The second kappa shape index (κ2) is 5.27. The molecule has 16 heavy (non-hydrogen) atoms. The molecule has 2 rings (SSSR count). The van der Waals surface area contributed by atoms with E-state index in [4.69, 9.17) is 0 Å². The van der Waals surface area contributed by atoms with E-state index in [0.29, 0.717) is 6.04 Å². The van der Waals surface area contributed by atoms with Crippen molar-refractivity contribution in [2.75, 3.05) is 0 Å². The number of aryl methyl sites for hydroxylation is 1.